The summed E-state index contributed by atoms with van der Waals surface area (Å²) in [6.45, 7) is 0. The van der Waals surface area contributed by atoms with Crippen molar-refractivity contribution in [2.24, 2.45) is 5.10 Å². The molecule has 0 aromatic heterocycles. The van der Waals surface area contributed by atoms with Crippen molar-refractivity contribution in [2.75, 3.05) is 12.5 Å². The van der Waals surface area contributed by atoms with E-state index in [2.05, 4.69) is 10.5 Å². The average molecular weight is 310 g/mol. The Morgan fingerprint density at radius 2 is 1.91 bits per heavy atom. The van der Waals surface area contributed by atoms with E-state index in [1.807, 2.05) is 0 Å². The quantitative estimate of drug-likeness (QED) is 0.666. The topological polar surface area (TPSA) is 53.8 Å². The lowest BCUT2D eigenvalue weighted by Crippen LogP contribution is -2.08. The van der Waals surface area contributed by atoms with Gasteiger partial charge in [0, 0.05) is 0 Å². The van der Waals surface area contributed by atoms with Gasteiger partial charge in [-0.05, 0) is 35.9 Å². The molecule has 2 aromatic carbocycles. The van der Waals surface area contributed by atoms with Gasteiger partial charge in [-0.15, -0.1) is 0 Å². The molecule has 0 unspecified atom stereocenters. The first-order chi connectivity index (χ1) is 10.4. The van der Waals surface area contributed by atoms with Crippen LogP contribution in [0.1, 0.15) is 11.1 Å². The van der Waals surface area contributed by atoms with Gasteiger partial charge in [-0.2, -0.15) is 18.3 Å². The highest BCUT2D eigenvalue weighted by molar-refractivity contribution is 5.81. The molecule has 2 N–H and O–H groups in total. The number of hydrogen-bond donors (Lipinski definition) is 2. The van der Waals surface area contributed by atoms with E-state index in [-0.39, 0.29) is 11.4 Å². The number of nitrogens with one attached hydrogen (secondary N) is 1. The minimum atomic E-state index is -4.46. The van der Waals surface area contributed by atoms with Gasteiger partial charge in [0.2, 0.25) is 0 Å². The number of rotatable bonds is 4. The first-order valence-corrected chi connectivity index (χ1v) is 6.24. The molecule has 0 amide bonds. The van der Waals surface area contributed by atoms with Crippen LogP contribution in [0, 0.1) is 0 Å². The van der Waals surface area contributed by atoms with Crippen LogP contribution in [0.4, 0.5) is 18.9 Å². The molecule has 0 fully saturated rings. The van der Waals surface area contributed by atoms with E-state index >= 15 is 0 Å². The summed E-state index contributed by atoms with van der Waals surface area (Å²) >= 11 is 0. The molecular weight excluding hydrogens is 297 g/mol. The van der Waals surface area contributed by atoms with Gasteiger partial charge in [0.25, 0.3) is 0 Å². The van der Waals surface area contributed by atoms with Crippen LogP contribution < -0.4 is 10.2 Å². The summed E-state index contributed by atoms with van der Waals surface area (Å²) in [6.07, 6.45) is -3.16. The number of hydrogen-bond acceptors (Lipinski definition) is 4. The summed E-state index contributed by atoms with van der Waals surface area (Å²) in [5, 5.41) is 13.4. The Balaban J connectivity index is 2.15. The number of para-hydroxylation sites is 1. The molecule has 0 aliphatic heterocycles. The van der Waals surface area contributed by atoms with Crippen molar-refractivity contribution in [1.29, 1.82) is 0 Å². The molecular formula is C15H13F3N2O2. The van der Waals surface area contributed by atoms with E-state index in [1.165, 1.54) is 43.7 Å². The van der Waals surface area contributed by atoms with Gasteiger partial charge in [0.05, 0.1) is 24.6 Å². The molecule has 0 spiro atoms. The van der Waals surface area contributed by atoms with E-state index in [0.717, 1.165) is 6.07 Å². The van der Waals surface area contributed by atoms with Crippen molar-refractivity contribution >= 4 is 11.9 Å². The van der Waals surface area contributed by atoms with Crippen molar-refractivity contribution in [3.05, 3.63) is 53.6 Å². The summed E-state index contributed by atoms with van der Waals surface area (Å²) < 4.78 is 43.3. The van der Waals surface area contributed by atoms with Gasteiger partial charge in [-0.1, -0.05) is 12.1 Å². The lowest BCUT2D eigenvalue weighted by molar-refractivity contribution is -0.136. The Morgan fingerprint density at radius 3 is 2.55 bits per heavy atom. The number of anilines is 1. The molecule has 2 aromatic rings. The summed E-state index contributed by atoms with van der Waals surface area (Å²) in [6, 6.07) is 9.56. The van der Waals surface area contributed by atoms with Gasteiger partial charge in [0.1, 0.15) is 0 Å². The monoisotopic (exact) mass is 310 g/mol. The maximum Gasteiger partial charge on any atom is 0.418 e. The van der Waals surface area contributed by atoms with E-state index < -0.39 is 11.7 Å². The van der Waals surface area contributed by atoms with Crippen LogP contribution in [-0.2, 0) is 6.18 Å². The van der Waals surface area contributed by atoms with Crippen molar-refractivity contribution in [3.8, 4) is 11.5 Å². The smallest absolute Gasteiger partial charge is 0.418 e. The van der Waals surface area contributed by atoms with Crippen LogP contribution in [-0.4, -0.2) is 18.4 Å². The molecule has 0 aliphatic carbocycles. The summed E-state index contributed by atoms with van der Waals surface area (Å²) in [7, 11) is 1.42. The van der Waals surface area contributed by atoms with Gasteiger partial charge in [0.15, 0.2) is 11.5 Å². The third kappa shape index (κ3) is 3.69. The Labute approximate surface area is 124 Å². The molecule has 0 radical (unpaired) electrons. The van der Waals surface area contributed by atoms with E-state index in [0.29, 0.717) is 11.3 Å². The third-order valence-corrected chi connectivity index (χ3v) is 2.83. The number of phenols is 1. The molecule has 0 atom stereocenters. The second-order valence-electron chi connectivity index (χ2n) is 4.34. The maximum absolute atomic E-state index is 12.8. The highest BCUT2D eigenvalue weighted by Crippen LogP contribution is 2.34. The van der Waals surface area contributed by atoms with Crippen LogP contribution in [0.3, 0.4) is 0 Å². The molecule has 0 aliphatic rings. The molecule has 22 heavy (non-hydrogen) atoms. The Morgan fingerprint density at radius 1 is 1.18 bits per heavy atom. The van der Waals surface area contributed by atoms with Gasteiger partial charge < -0.3 is 9.84 Å². The molecule has 0 bridgehead atoms. The third-order valence-electron chi connectivity index (χ3n) is 2.83. The summed E-state index contributed by atoms with van der Waals surface area (Å²) in [5.74, 6) is 0.217. The number of ether oxygens (including phenoxy) is 1. The number of nitrogens with zero attached hydrogens (tertiary/aromatic N) is 1. The minimum Gasteiger partial charge on any atom is -0.504 e. The molecule has 0 saturated carbocycles. The predicted octanol–water partition coefficient (Wildman–Crippen LogP) is 3.87. The lowest BCUT2D eigenvalue weighted by atomic mass is 10.2. The van der Waals surface area contributed by atoms with Crippen LogP contribution in [0.15, 0.2) is 47.6 Å². The molecule has 2 rings (SSSR count). The zero-order chi connectivity index (χ0) is 16.2. The summed E-state index contributed by atoms with van der Waals surface area (Å²) in [4.78, 5) is 0. The molecule has 7 heteroatoms. The number of hydrazone groups is 1. The fraction of sp³-hybridized carbons (Fsp3) is 0.133. The van der Waals surface area contributed by atoms with Crippen LogP contribution in [0.5, 0.6) is 11.5 Å². The Kier molecular flexibility index (Phi) is 4.55. The van der Waals surface area contributed by atoms with E-state index in [1.54, 1.807) is 6.07 Å². The van der Waals surface area contributed by atoms with Gasteiger partial charge >= 0.3 is 6.18 Å². The average Bonchev–Trinajstić information content (AvgIpc) is 2.47. The fourth-order valence-corrected chi connectivity index (χ4v) is 1.79. The van der Waals surface area contributed by atoms with Crippen molar-refractivity contribution in [3.63, 3.8) is 0 Å². The Bertz CT molecular complexity index is 685. The van der Waals surface area contributed by atoms with Crippen molar-refractivity contribution in [1.82, 2.24) is 0 Å². The molecule has 0 saturated heterocycles. The minimum absolute atomic E-state index is 0.0814. The normalized spacial score (nSPS) is 11.6. The largest absolute Gasteiger partial charge is 0.504 e. The number of alkyl halides is 3. The number of benzene rings is 2. The zero-order valence-electron chi connectivity index (χ0n) is 11.6. The highest BCUT2D eigenvalue weighted by Gasteiger charge is 2.33. The first kappa shape index (κ1) is 15.7. The standard InChI is InChI=1S/C15H13F3N2O2/c1-22-14-7-6-10(8-13(14)21)9-19-20-12-5-3-2-4-11(12)15(16,17)18/h2-9,20-21H,1H3/b19-9+. The van der Waals surface area contributed by atoms with E-state index in [9.17, 15) is 18.3 Å². The fourth-order valence-electron chi connectivity index (χ4n) is 1.79. The second kappa shape index (κ2) is 6.38. The Hall–Kier alpha value is -2.70. The van der Waals surface area contributed by atoms with Crippen molar-refractivity contribution < 1.29 is 23.0 Å². The molecule has 0 heterocycles. The van der Waals surface area contributed by atoms with Crippen LogP contribution >= 0.6 is 0 Å². The number of aromatic hydroxyl groups is 1. The zero-order valence-corrected chi connectivity index (χ0v) is 11.6. The van der Waals surface area contributed by atoms with Crippen LogP contribution in [0.2, 0.25) is 0 Å². The number of phenolic OH excluding ortho intramolecular Hbond substituents is 1. The maximum atomic E-state index is 12.8. The SMILES string of the molecule is COc1ccc(/C=N/Nc2ccccc2C(F)(F)F)cc1O. The lowest BCUT2D eigenvalue weighted by Gasteiger charge is -2.11. The predicted molar refractivity (Wildman–Crippen MR) is 77.3 cm³/mol. The molecule has 4 nitrogen and oxygen atoms in total. The molecule has 116 valence electrons. The van der Waals surface area contributed by atoms with Gasteiger partial charge in [-0.3, -0.25) is 5.43 Å². The van der Waals surface area contributed by atoms with Gasteiger partial charge in [-0.25, -0.2) is 0 Å². The number of halogens is 3. The number of methoxy groups -OCH3 is 1. The first-order valence-electron chi connectivity index (χ1n) is 6.24. The van der Waals surface area contributed by atoms with Crippen molar-refractivity contribution in [2.45, 2.75) is 6.18 Å². The van der Waals surface area contributed by atoms with E-state index in [4.69, 9.17) is 4.74 Å². The summed E-state index contributed by atoms with van der Waals surface area (Å²) in [5.41, 5.74) is 1.91. The van der Waals surface area contributed by atoms with Crippen LogP contribution in [0.25, 0.3) is 0 Å². The highest BCUT2D eigenvalue weighted by atomic mass is 19.4. The second-order valence-corrected chi connectivity index (χ2v) is 4.34.